The number of nitrogens with zero attached hydrogens (tertiary/aromatic N) is 5. The molecule has 0 spiro atoms. The average molecular weight is 346 g/mol. The maximum absolute atomic E-state index is 7.08. The van der Waals surface area contributed by atoms with E-state index in [1.807, 2.05) is 31.3 Å². The fourth-order valence-electron chi connectivity index (χ4n) is 3.59. The fraction of sp³-hybridized carbons (Fsp3) is 0.350. The number of fused-ring (bicyclic) bond motifs is 1. The van der Waals surface area contributed by atoms with Crippen molar-refractivity contribution < 1.29 is 0 Å². The Morgan fingerprint density at radius 3 is 2.92 bits per heavy atom. The normalized spacial score (nSPS) is 17.4. The van der Waals surface area contributed by atoms with Gasteiger partial charge in [0.1, 0.15) is 0 Å². The molecule has 3 heterocycles. The molecular formula is C20H22N6. The van der Waals surface area contributed by atoms with Crippen LogP contribution in [0.1, 0.15) is 18.5 Å². The zero-order valence-electron chi connectivity index (χ0n) is 14.9. The van der Waals surface area contributed by atoms with Crippen LogP contribution in [0.5, 0.6) is 0 Å². The summed E-state index contributed by atoms with van der Waals surface area (Å²) < 4.78 is 2.24. The second-order valence-corrected chi connectivity index (χ2v) is 6.68. The average Bonchev–Trinajstić information content (AvgIpc) is 3.07. The van der Waals surface area contributed by atoms with Crippen molar-refractivity contribution in [1.82, 2.24) is 19.9 Å². The van der Waals surface area contributed by atoms with Crippen molar-refractivity contribution in [3.8, 4) is 0 Å². The summed E-state index contributed by atoms with van der Waals surface area (Å²) in [5, 5.41) is 3.40. The van der Waals surface area contributed by atoms with Gasteiger partial charge in [0.2, 0.25) is 11.6 Å². The van der Waals surface area contributed by atoms with Crippen LogP contribution in [0.15, 0.2) is 42.6 Å². The lowest BCUT2D eigenvalue weighted by molar-refractivity contribution is 0.442. The second-order valence-electron chi connectivity index (χ2n) is 6.68. The molecule has 1 aliphatic heterocycles. The molecular weight excluding hydrogens is 324 g/mol. The van der Waals surface area contributed by atoms with Crippen molar-refractivity contribution in [2.24, 2.45) is 0 Å². The molecule has 1 aliphatic rings. The zero-order chi connectivity index (χ0) is 17.9. The Balaban J connectivity index is 1.72. The Kier molecular flexibility index (Phi) is 4.55. The summed E-state index contributed by atoms with van der Waals surface area (Å²) in [6.07, 6.45) is 4.00. The maximum Gasteiger partial charge on any atom is 0.206 e. The Labute approximate surface area is 153 Å². The standard InChI is InChI=1S/C20H22N6/c1-21-15-9-10-17(23-12-15)14-26-19-8-4-3-7-18(19)24-20(26)25-11-5-6-16(13-25)22-2/h3-4,7-10,12,16,22H,5-6,11,13-14H2,2H3/t16-/m0/s1. The van der Waals surface area contributed by atoms with E-state index < -0.39 is 0 Å². The molecule has 0 aliphatic carbocycles. The molecule has 1 N–H and O–H groups in total. The van der Waals surface area contributed by atoms with Gasteiger partial charge in [-0.05, 0) is 38.1 Å². The molecule has 4 rings (SSSR count). The Morgan fingerprint density at radius 1 is 1.27 bits per heavy atom. The molecule has 0 amide bonds. The van der Waals surface area contributed by atoms with Crippen LogP contribution in [-0.2, 0) is 6.54 Å². The first-order valence-electron chi connectivity index (χ1n) is 8.98. The number of aromatic nitrogens is 3. The first-order valence-corrected chi connectivity index (χ1v) is 8.98. The molecule has 1 atom stereocenters. The summed E-state index contributed by atoms with van der Waals surface area (Å²) in [6, 6.07) is 12.5. The van der Waals surface area contributed by atoms with Crippen LogP contribution < -0.4 is 10.2 Å². The molecule has 132 valence electrons. The van der Waals surface area contributed by atoms with Crippen LogP contribution in [0.2, 0.25) is 0 Å². The van der Waals surface area contributed by atoms with Crippen LogP contribution >= 0.6 is 0 Å². The molecule has 0 bridgehead atoms. The van der Waals surface area contributed by atoms with Gasteiger partial charge in [0.15, 0.2) is 0 Å². The van der Waals surface area contributed by atoms with Gasteiger partial charge in [-0.1, -0.05) is 18.2 Å². The lowest BCUT2D eigenvalue weighted by Gasteiger charge is -2.33. The minimum absolute atomic E-state index is 0.494. The van der Waals surface area contributed by atoms with Crippen LogP contribution in [0, 0.1) is 6.57 Å². The molecule has 1 saturated heterocycles. The second kappa shape index (κ2) is 7.14. The minimum Gasteiger partial charge on any atom is -0.341 e. The SMILES string of the molecule is [C-]#[N+]c1ccc(Cn2c(N3CCC[C@H](NC)C3)nc3ccccc32)nc1. The van der Waals surface area contributed by atoms with Gasteiger partial charge in [-0.15, -0.1) is 0 Å². The Hall–Kier alpha value is -2.91. The van der Waals surface area contributed by atoms with E-state index in [-0.39, 0.29) is 0 Å². The molecule has 3 aromatic rings. The number of hydrogen-bond donors (Lipinski definition) is 1. The number of benzene rings is 1. The highest BCUT2D eigenvalue weighted by Gasteiger charge is 2.23. The van der Waals surface area contributed by atoms with Crippen LogP contribution in [0.4, 0.5) is 11.6 Å². The van der Waals surface area contributed by atoms with Crippen molar-refractivity contribution in [2.75, 3.05) is 25.0 Å². The van der Waals surface area contributed by atoms with E-state index in [1.165, 1.54) is 6.42 Å². The van der Waals surface area contributed by atoms with Gasteiger partial charge in [0, 0.05) is 25.3 Å². The van der Waals surface area contributed by atoms with E-state index in [0.717, 1.165) is 42.2 Å². The third kappa shape index (κ3) is 3.14. The van der Waals surface area contributed by atoms with Gasteiger partial charge in [0.05, 0.1) is 29.8 Å². The van der Waals surface area contributed by atoms with Gasteiger partial charge >= 0.3 is 0 Å². The molecule has 1 fully saturated rings. The van der Waals surface area contributed by atoms with Crippen molar-refractivity contribution >= 4 is 22.7 Å². The highest BCUT2D eigenvalue weighted by atomic mass is 15.3. The van der Waals surface area contributed by atoms with E-state index in [4.69, 9.17) is 11.6 Å². The van der Waals surface area contributed by atoms with Gasteiger partial charge in [-0.2, -0.15) is 0 Å². The smallest absolute Gasteiger partial charge is 0.206 e. The lowest BCUT2D eigenvalue weighted by atomic mass is 10.1. The van der Waals surface area contributed by atoms with Crippen LogP contribution in [0.25, 0.3) is 15.9 Å². The van der Waals surface area contributed by atoms with Gasteiger partial charge in [-0.3, -0.25) is 4.98 Å². The number of piperidine rings is 1. The quantitative estimate of drug-likeness (QED) is 0.737. The Bertz CT molecular complexity index is 937. The van der Waals surface area contributed by atoms with Gasteiger partial charge in [0.25, 0.3) is 0 Å². The van der Waals surface area contributed by atoms with E-state index in [1.54, 1.807) is 6.20 Å². The first-order chi connectivity index (χ1) is 12.8. The topological polar surface area (TPSA) is 50.3 Å². The summed E-state index contributed by atoms with van der Waals surface area (Å²) in [7, 11) is 2.03. The monoisotopic (exact) mass is 346 g/mol. The summed E-state index contributed by atoms with van der Waals surface area (Å²) in [5.74, 6) is 1.00. The summed E-state index contributed by atoms with van der Waals surface area (Å²) in [6.45, 7) is 9.71. The van der Waals surface area contributed by atoms with Crippen LogP contribution in [0.3, 0.4) is 0 Å². The molecule has 0 unspecified atom stereocenters. The number of hydrogen-bond acceptors (Lipinski definition) is 4. The molecule has 0 radical (unpaired) electrons. The predicted octanol–water partition coefficient (Wildman–Crippen LogP) is 3.22. The molecule has 1 aromatic carbocycles. The van der Waals surface area contributed by atoms with Crippen molar-refractivity contribution in [3.63, 3.8) is 0 Å². The number of nitrogens with one attached hydrogen (secondary N) is 1. The third-order valence-electron chi connectivity index (χ3n) is 5.01. The molecule has 6 nitrogen and oxygen atoms in total. The molecule has 26 heavy (non-hydrogen) atoms. The van der Waals surface area contributed by atoms with Crippen molar-refractivity contribution in [1.29, 1.82) is 0 Å². The summed E-state index contributed by atoms with van der Waals surface area (Å²) in [5.41, 5.74) is 3.62. The fourth-order valence-corrected chi connectivity index (χ4v) is 3.59. The van der Waals surface area contributed by atoms with Crippen molar-refractivity contribution in [3.05, 3.63) is 59.7 Å². The largest absolute Gasteiger partial charge is 0.341 e. The Morgan fingerprint density at radius 2 is 2.15 bits per heavy atom. The molecule has 6 heteroatoms. The van der Waals surface area contributed by atoms with Gasteiger partial charge in [-0.25, -0.2) is 9.83 Å². The van der Waals surface area contributed by atoms with E-state index in [2.05, 4.69) is 36.7 Å². The number of imidazole rings is 1. The van der Waals surface area contributed by atoms with Crippen LogP contribution in [-0.4, -0.2) is 40.7 Å². The maximum atomic E-state index is 7.08. The van der Waals surface area contributed by atoms with E-state index in [9.17, 15) is 0 Å². The van der Waals surface area contributed by atoms with E-state index in [0.29, 0.717) is 18.3 Å². The zero-order valence-corrected chi connectivity index (χ0v) is 14.9. The third-order valence-corrected chi connectivity index (χ3v) is 5.01. The van der Waals surface area contributed by atoms with E-state index >= 15 is 0 Å². The number of anilines is 1. The predicted molar refractivity (Wildman–Crippen MR) is 104 cm³/mol. The summed E-state index contributed by atoms with van der Waals surface area (Å²) in [4.78, 5) is 15.2. The number of pyridine rings is 1. The highest BCUT2D eigenvalue weighted by molar-refractivity contribution is 5.79. The molecule has 0 saturated carbocycles. The minimum atomic E-state index is 0.494. The van der Waals surface area contributed by atoms with Gasteiger partial charge < -0.3 is 14.8 Å². The first kappa shape index (κ1) is 16.6. The summed E-state index contributed by atoms with van der Waals surface area (Å²) >= 11 is 0. The van der Waals surface area contributed by atoms with Crippen molar-refractivity contribution in [2.45, 2.75) is 25.4 Å². The number of likely N-dealkylation sites (N-methyl/N-ethyl adjacent to an activating group) is 1. The lowest BCUT2D eigenvalue weighted by Crippen LogP contribution is -2.45. The number of para-hydroxylation sites is 2. The highest BCUT2D eigenvalue weighted by Crippen LogP contribution is 2.26. The number of rotatable bonds is 4. The molecule has 2 aromatic heterocycles.